The highest BCUT2D eigenvalue weighted by atomic mass is 15.2. The van der Waals surface area contributed by atoms with Crippen molar-refractivity contribution in [2.75, 3.05) is 9.80 Å². The Morgan fingerprint density at radius 1 is 0.226 bits per heavy atom. The molecule has 15 aromatic rings. The molecular formula is C132H159BN4. The molecule has 13 aromatic carbocycles. The number of anilines is 6. The number of hydrogen-bond acceptors (Lipinski definition) is 2. The van der Waals surface area contributed by atoms with Crippen LogP contribution in [0.4, 0.5) is 34.1 Å². The van der Waals surface area contributed by atoms with Crippen molar-refractivity contribution in [3.05, 3.63) is 304 Å². The fraction of sp³-hybridized carbons (Fsp3) is 0.409. The number of rotatable bonds is 18. The minimum Gasteiger partial charge on any atom is -0.310 e. The van der Waals surface area contributed by atoms with Crippen LogP contribution in [0.15, 0.2) is 243 Å². The van der Waals surface area contributed by atoms with Gasteiger partial charge in [-0.05, 0) is 332 Å². The first-order chi connectivity index (χ1) is 69.9. The maximum atomic E-state index is 10.3. The summed E-state index contributed by atoms with van der Waals surface area (Å²) < 4.78 is 167. The van der Waals surface area contributed by atoms with E-state index in [0.717, 1.165) is 155 Å². The molecule has 0 atom stereocenters. The molecule has 2 aromatic heterocycles. The van der Waals surface area contributed by atoms with Gasteiger partial charge in [0.1, 0.15) is 0 Å². The first kappa shape index (κ1) is 79.0. The zero-order valence-corrected chi connectivity index (χ0v) is 88.4. The molecule has 5 heteroatoms. The van der Waals surface area contributed by atoms with Gasteiger partial charge in [-0.2, -0.15) is 0 Å². The van der Waals surface area contributed by atoms with Crippen LogP contribution in [0.2, 0.25) is 0 Å². The minimum absolute atomic E-state index is 0.317. The summed E-state index contributed by atoms with van der Waals surface area (Å²) in [5.74, 6) is 0. The van der Waals surface area contributed by atoms with Gasteiger partial charge in [0.15, 0.2) is 0 Å². The van der Waals surface area contributed by atoms with E-state index < -0.39 is 106 Å². The highest BCUT2D eigenvalue weighted by Gasteiger charge is 2.47. The van der Waals surface area contributed by atoms with Crippen LogP contribution in [0, 0.1) is 54.1 Å². The molecule has 2 aliphatic rings. The van der Waals surface area contributed by atoms with Crippen molar-refractivity contribution in [1.29, 1.82) is 0 Å². The van der Waals surface area contributed by atoms with E-state index in [1.165, 1.54) is 0 Å². The maximum absolute atomic E-state index is 10.3. The van der Waals surface area contributed by atoms with Crippen molar-refractivity contribution >= 4 is 101 Å². The standard InChI is InChI=1S/C132H159BN4/c1-122(2,3)74-84-38-34-42-94(58-84)101-66-92(82-130(25,26)27)67-102(95-43-35-39-85(59-95)75-123(4,5)6)120(101)136-115-72-99(134-111-54-46-88(78-126(13,14)15)62-105(111)106-63-89(47-55-112(106)134)79-127(16,17)18)50-52-109(115)133-110-53-51-100(135-113-56-48-90(80-128(19,20)21)64-107(113)108-65-91(49-57-114(108)135)81-129(22,23)24)73-116(110)137(118-71-98(132(31,32)33)70-117(136)119(118)133)121-103(96-44-36-40-86(60-96)76-124(7,8)9)68-93(83-131(28,29)30)69-104(121)97-45-37-41-87(61-97)77-125(10,11)12/h34-73H,74-83H2,1-33H3/i74D2,75D2,76D2,77D2,78D2,79D2,80D2,81D2. The van der Waals surface area contributed by atoms with Crippen LogP contribution >= 0.6 is 0 Å². The van der Waals surface area contributed by atoms with Gasteiger partial charge in [-0.3, -0.25) is 0 Å². The Bertz CT molecular complexity index is 7220. The molecule has 2 aliphatic heterocycles. The van der Waals surface area contributed by atoms with E-state index in [1.807, 2.05) is 312 Å². The average molecular weight is 1830 g/mol. The molecule has 4 nitrogen and oxygen atoms in total. The van der Waals surface area contributed by atoms with Gasteiger partial charge in [-0.25, -0.2) is 0 Å². The van der Waals surface area contributed by atoms with Gasteiger partial charge in [-0.15, -0.1) is 0 Å². The molecule has 0 spiro atoms. The fourth-order valence-electron chi connectivity index (χ4n) is 20.8. The molecule has 0 fully saturated rings. The largest absolute Gasteiger partial charge is 0.310 e. The Morgan fingerprint density at radius 3 is 0.693 bits per heavy atom. The summed E-state index contributed by atoms with van der Waals surface area (Å²) >= 11 is 0. The summed E-state index contributed by atoms with van der Waals surface area (Å²) in [5.41, 5.74) is 15.8. The van der Waals surface area contributed by atoms with Crippen molar-refractivity contribution in [1.82, 2.24) is 9.13 Å². The summed E-state index contributed by atoms with van der Waals surface area (Å²) in [5, 5.41) is 2.92. The van der Waals surface area contributed by atoms with Crippen LogP contribution in [0.3, 0.4) is 0 Å². The quantitative estimate of drug-likeness (QED) is 0.0796. The smallest absolute Gasteiger partial charge is 0.252 e. The Hall–Kier alpha value is -10.9. The van der Waals surface area contributed by atoms with Crippen LogP contribution in [0.25, 0.3) is 99.5 Å². The van der Waals surface area contributed by atoms with Gasteiger partial charge in [0, 0.05) is 99.9 Å². The van der Waals surface area contributed by atoms with E-state index in [9.17, 15) is 21.9 Å². The van der Waals surface area contributed by atoms with E-state index in [-0.39, 0.29) is 10.8 Å². The summed E-state index contributed by atoms with van der Waals surface area (Å²) in [6.45, 7) is 65.7. The second-order valence-electron chi connectivity index (χ2n) is 51.2. The highest BCUT2D eigenvalue weighted by molar-refractivity contribution is 7.00. The summed E-state index contributed by atoms with van der Waals surface area (Å²) in [6.07, 6.45) is -13.8. The normalized spacial score (nSPS) is 16.4. The second-order valence-corrected chi connectivity index (χ2v) is 51.2. The average Bonchev–Trinajstić information content (AvgIpc) is 1.15. The third kappa shape index (κ3) is 21.8. The van der Waals surface area contributed by atoms with Gasteiger partial charge in [-0.1, -0.05) is 362 Å². The number of benzene rings is 13. The third-order valence-electron chi connectivity index (χ3n) is 25.1. The van der Waals surface area contributed by atoms with Gasteiger partial charge >= 0.3 is 0 Å². The lowest BCUT2D eigenvalue weighted by molar-refractivity contribution is 0.410. The van der Waals surface area contributed by atoms with Gasteiger partial charge in [0.25, 0.3) is 6.71 Å². The molecule has 0 N–H and O–H groups in total. The first-order valence-corrected chi connectivity index (χ1v) is 49.9. The van der Waals surface area contributed by atoms with Crippen LogP contribution in [0.5, 0.6) is 0 Å². The van der Waals surface area contributed by atoms with Crippen molar-refractivity contribution in [3.8, 4) is 55.9 Å². The predicted octanol–water partition coefficient (Wildman–Crippen LogP) is 35.8. The fourth-order valence-corrected chi connectivity index (χ4v) is 20.8. The molecule has 710 valence electrons. The van der Waals surface area contributed by atoms with Crippen LogP contribution in [-0.2, 0) is 69.2 Å². The van der Waals surface area contributed by atoms with Gasteiger partial charge < -0.3 is 18.9 Å². The number of aromatic nitrogens is 2. The summed E-state index contributed by atoms with van der Waals surface area (Å²) in [7, 11) is 0. The molecule has 0 saturated carbocycles. The van der Waals surface area contributed by atoms with E-state index in [4.69, 9.17) is 0 Å². The Kier molecular flexibility index (Phi) is 20.3. The zero-order valence-electron chi connectivity index (χ0n) is 104. The van der Waals surface area contributed by atoms with Crippen LogP contribution in [-0.4, -0.2) is 15.8 Å². The number of nitrogens with zero attached hydrogens (tertiary/aromatic N) is 4. The zero-order chi connectivity index (χ0) is 113. The van der Waals surface area contributed by atoms with E-state index in [1.54, 1.807) is 0 Å². The summed E-state index contributed by atoms with van der Waals surface area (Å²) in [6, 6.07) is 83.2. The van der Waals surface area contributed by atoms with E-state index in [0.29, 0.717) is 68.7 Å². The molecule has 0 radical (unpaired) electrons. The second kappa shape index (κ2) is 35.2. The SMILES string of the molecule is [2H]C([2H])(c1cccc(-c2cc(CC(C)(C)C)cc(-c3cccc(C([2H])([2H])C(C)(C)C)c3)c2N2c3cc(-n4c5ccc(C([2H])([2H])C(C)(C)C)cc5c5cc(C([2H])([2H])C(C)(C)C)ccc54)ccc3B3c4ccc(-n5c6ccc(C([2H])([2H])C(C)(C)C)cc6c6cc(C([2H])([2H])C(C)(C)C)ccc65)cc4N(c4c(-c5cccc(C([2H])([2H])C(C)(C)C)c5)cc(CC(C)(C)C)cc4-c4cccc(C([2H])([2H])C(C)(C)C)c4)c4cc(C(C)(C)C)cc2c43)c1)C(C)(C)C. The van der Waals surface area contributed by atoms with Crippen molar-refractivity contribution < 1.29 is 21.9 Å². The Labute approximate surface area is 848 Å². The molecule has 0 bridgehead atoms. The molecule has 0 unspecified atom stereocenters. The molecular weight excluding hydrogens is 1650 g/mol. The Morgan fingerprint density at radius 2 is 0.467 bits per heavy atom. The van der Waals surface area contributed by atoms with E-state index in [2.05, 4.69) is 178 Å². The van der Waals surface area contributed by atoms with Crippen molar-refractivity contribution in [2.24, 2.45) is 54.1 Å². The molecule has 0 amide bonds. The predicted molar refractivity (Wildman–Crippen MR) is 601 cm³/mol. The van der Waals surface area contributed by atoms with Crippen molar-refractivity contribution in [2.45, 2.75) is 298 Å². The lowest BCUT2D eigenvalue weighted by atomic mass is 9.33. The lowest BCUT2D eigenvalue weighted by Gasteiger charge is -2.46. The van der Waals surface area contributed by atoms with Gasteiger partial charge in [0.2, 0.25) is 0 Å². The minimum atomic E-state index is -1.89. The molecule has 137 heavy (non-hydrogen) atoms. The monoisotopic (exact) mass is 1830 g/mol. The maximum Gasteiger partial charge on any atom is 0.252 e. The topological polar surface area (TPSA) is 16.3 Å². The third-order valence-corrected chi connectivity index (χ3v) is 25.1. The highest BCUT2D eigenvalue weighted by Crippen LogP contribution is 2.57. The number of hydrogen-bond donors (Lipinski definition) is 0. The van der Waals surface area contributed by atoms with E-state index >= 15 is 0 Å². The van der Waals surface area contributed by atoms with Crippen molar-refractivity contribution in [3.63, 3.8) is 0 Å². The lowest BCUT2D eigenvalue weighted by Crippen LogP contribution is -2.61. The number of fused-ring (bicyclic) bond motifs is 10. The molecule has 4 heterocycles. The van der Waals surface area contributed by atoms with Crippen LogP contribution in [0.1, 0.15) is 312 Å². The Balaban J connectivity index is 1.14. The van der Waals surface area contributed by atoms with Crippen LogP contribution < -0.4 is 26.2 Å². The molecule has 17 rings (SSSR count). The summed E-state index contributed by atoms with van der Waals surface area (Å²) in [4.78, 5) is 4.94. The molecule has 0 aliphatic carbocycles. The van der Waals surface area contributed by atoms with Gasteiger partial charge in [0.05, 0.1) is 33.4 Å². The first-order valence-electron chi connectivity index (χ1n) is 57.9. The molecule has 0 saturated heterocycles.